The summed E-state index contributed by atoms with van der Waals surface area (Å²) in [7, 11) is 0. The van der Waals surface area contributed by atoms with E-state index in [-0.39, 0.29) is 11.5 Å². The average Bonchev–Trinajstić information content (AvgIpc) is 2.72. The highest BCUT2D eigenvalue weighted by Gasteiger charge is 2.44. The minimum atomic E-state index is -3.60. The van der Waals surface area contributed by atoms with Crippen LogP contribution >= 0.6 is 0 Å². The second kappa shape index (κ2) is 4.09. The smallest absolute Gasteiger partial charge is 0.395 e. The molecule has 2 aliphatic rings. The molecule has 1 aromatic carbocycles. The fourth-order valence-corrected chi connectivity index (χ4v) is 2.87. The van der Waals surface area contributed by atoms with Crippen molar-refractivity contribution in [1.82, 2.24) is 0 Å². The summed E-state index contributed by atoms with van der Waals surface area (Å²) in [5.41, 5.74) is 0.170. The number of hydrogen-bond acceptors (Lipinski definition) is 3. The highest BCUT2D eigenvalue weighted by atomic mass is 19.3. The third kappa shape index (κ3) is 2.01. The molecule has 0 spiro atoms. The van der Waals surface area contributed by atoms with Gasteiger partial charge in [-0.2, -0.15) is 5.26 Å². The molecule has 0 radical (unpaired) electrons. The molecule has 0 atom stereocenters. The van der Waals surface area contributed by atoms with Gasteiger partial charge in [-0.1, -0.05) is 25.3 Å². The van der Waals surface area contributed by atoms with Crippen LogP contribution in [0.4, 0.5) is 8.78 Å². The number of nitriles is 1. The van der Waals surface area contributed by atoms with Gasteiger partial charge in [-0.15, -0.1) is 8.78 Å². The number of ether oxygens (including phenoxy) is 2. The van der Waals surface area contributed by atoms with Crippen molar-refractivity contribution >= 4 is 0 Å². The maximum atomic E-state index is 13.0. The van der Waals surface area contributed by atoms with Crippen molar-refractivity contribution in [2.45, 2.75) is 43.8 Å². The molecule has 1 aliphatic carbocycles. The van der Waals surface area contributed by atoms with Crippen LogP contribution in [0.25, 0.3) is 0 Å². The van der Waals surface area contributed by atoms with Crippen molar-refractivity contribution in [2.75, 3.05) is 0 Å². The summed E-state index contributed by atoms with van der Waals surface area (Å²) in [6, 6.07) is 7.03. The number of rotatable bonds is 1. The van der Waals surface area contributed by atoms with E-state index in [2.05, 4.69) is 15.5 Å². The molecule has 0 saturated heterocycles. The van der Waals surface area contributed by atoms with E-state index in [9.17, 15) is 14.0 Å². The Hall–Kier alpha value is -1.83. The second-order valence-electron chi connectivity index (χ2n) is 5.08. The zero-order valence-corrected chi connectivity index (χ0v) is 10.3. The lowest BCUT2D eigenvalue weighted by Gasteiger charge is -2.31. The predicted octanol–water partition coefficient (Wildman–Crippen LogP) is 3.73. The Labute approximate surface area is 109 Å². The van der Waals surface area contributed by atoms with Crippen molar-refractivity contribution in [3.63, 3.8) is 0 Å². The van der Waals surface area contributed by atoms with Gasteiger partial charge in [-0.25, -0.2) is 0 Å². The Morgan fingerprint density at radius 3 is 2.42 bits per heavy atom. The van der Waals surface area contributed by atoms with Crippen molar-refractivity contribution in [3.05, 3.63) is 23.8 Å². The Kier molecular flexibility index (Phi) is 2.63. The van der Waals surface area contributed by atoms with Gasteiger partial charge >= 0.3 is 6.29 Å². The van der Waals surface area contributed by atoms with E-state index in [0.29, 0.717) is 0 Å². The maximum absolute atomic E-state index is 13.0. The Morgan fingerprint density at radius 2 is 1.74 bits per heavy atom. The van der Waals surface area contributed by atoms with Gasteiger partial charge in [0.25, 0.3) is 0 Å². The summed E-state index contributed by atoms with van der Waals surface area (Å²) in [6.07, 6.45) is 1.01. The molecule has 0 amide bonds. The van der Waals surface area contributed by atoms with Crippen LogP contribution < -0.4 is 9.47 Å². The van der Waals surface area contributed by atoms with E-state index < -0.39 is 11.7 Å². The second-order valence-corrected chi connectivity index (χ2v) is 5.08. The number of alkyl halides is 2. The van der Waals surface area contributed by atoms with Crippen molar-refractivity contribution in [1.29, 1.82) is 5.26 Å². The number of benzene rings is 1. The Bertz CT molecular complexity index is 545. The number of nitrogens with zero attached hydrogens (tertiary/aromatic N) is 1. The largest absolute Gasteiger partial charge is 0.586 e. The first-order chi connectivity index (χ1) is 9.05. The van der Waals surface area contributed by atoms with Crippen LogP contribution in [0.3, 0.4) is 0 Å². The van der Waals surface area contributed by atoms with Gasteiger partial charge in [-0.3, -0.25) is 0 Å². The molecule has 0 N–H and O–H groups in total. The van der Waals surface area contributed by atoms with Crippen molar-refractivity contribution in [3.8, 4) is 17.6 Å². The summed E-state index contributed by atoms with van der Waals surface area (Å²) in [5, 5.41) is 9.48. The van der Waals surface area contributed by atoms with Crippen LogP contribution in [0, 0.1) is 11.3 Å². The highest BCUT2D eigenvalue weighted by Crippen LogP contribution is 2.46. The average molecular weight is 265 g/mol. The fourth-order valence-electron chi connectivity index (χ4n) is 2.87. The van der Waals surface area contributed by atoms with E-state index in [1.54, 1.807) is 6.07 Å². The van der Waals surface area contributed by atoms with Gasteiger partial charge in [-0.05, 0) is 30.5 Å². The molecule has 0 aromatic heterocycles. The summed E-state index contributed by atoms with van der Waals surface area (Å²) < 4.78 is 34.8. The predicted molar refractivity (Wildman–Crippen MR) is 63.0 cm³/mol. The molecule has 1 aliphatic heterocycles. The van der Waals surface area contributed by atoms with E-state index >= 15 is 0 Å². The summed E-state index contributed by atoms with van der Waals surface area (Å²) in [5.74, 6) is 0.0420. The summed E-state index contributed by atoms with van der Waals surface area (Å²) in [6.45, 7) is 0. The fraction of sp³-hybridized carbons (Fsp3) is 0.500. The first kappa shape index (κ1) is 12.2. The molecule has 1 saturated carbocycles. The zero-order chi connectivity index (χ0) is 13.5. The first-order valence-electron chi connectivity index (χ1n) is 6.36. The van der Waals surface area contributed by atoms with Gasteiger partial charge < -0.3 is 9.47 Å². The molecule has 19 heavy (non-hydrogen) atoms. The lowest BCUT2D eigenvalue weighted by Crippen LogP contribution is -2.27. The molecule has 3 nitrogen and oxygen atoms in total. The number of fused-ring (bicyclic) bond motifs is 1. The topological polar surface area (TPSA) is 42.2 Å². The van der Waals surface area contributed by atoms with Crippen LogP contribution in [0.5, 0.6) is 11.5 Å². The molecule has 0 bridgehead atoms. The summed E-state index contributed by atoms with van der Waals surface area (Å²) >= 11 is 0. The first-order valence-corrected chi connectivity index (χ1v) is 6.36. The van der Waals surface area contributed by atoms with Crippen molar-refractivity contribution in [2.24, 2.45) is 0 Å². The number of halogens is 2. The van der Waals surface area contributed by atoms with Crippen molar-refractivity contribution < 1.29 is 18.3 Å². The maximum Gasteiger partial charge on any atom is 0.586 e. The van der Waals surface area contributed by atoms with E-state index in [1.165, 1.54) is 12.1 Å². The quantitative estimate of drug-likeness (QED) is 0.776. The molecule has 3 rings (SSSR count). The third-order valence-electron chi connectivity index (χ3n) is 3.87. The van der Waals surface area contributed by atoms with Gasteiger partial charge in [0.1, 0.15) is 0 Å². The number of hydrogen-bond donors (Lipinski definition) is 0. The van der Waals surface area contributed by atoms with Crippen LogP contribution in [0.15, 0.2) is 18.2 Å². The molecule has 5 heteroatoms. The SMILES string of the molecule is N#CC1(c2ccc3c(c2)OC(F)(F)O3)CCCCC1. The third-order valence-corrected chi connectivity index (χ3v) is 3.87. The lowest BCUT2D eigenvalue weighted by molar-refractivity contribution is -0.286. The van der Waals surface area contributed by atoms with Gasteiger partial charge in [0, 0.05) is 0 Å². The van der Waals surface area contributed by atoms with Gasteiger partial charge in [0.05, 0.1) is 11.5 Å². The van der Waals surface area contributed by atoms with Gasteiger partial charge in [0.15, 0.2) is 11.5 Å². The van der Waals surface area contributed by atoms with E-state index in [4.69, 9.17) is 0 Å². The normalized spacial score (nSPS) is 22.8. The monoisotopic (exact) mass is 265 g/mol. The molecular weight excluding hydrogens is 252 g/mol. The zero-order valence-electron chi connectivity index (χ0n) is 10.3. The highest BCUT2D eigenvalue weighted by molar-refractivity contribution is 5.48. The van der Waals surface area contributed by atoms with Crippen LogP contribution in [0.2, 0.25) is 0 Å². The Balaban J connectivity index is 1.97. The lowest BCUT2D eigenvalue weighted by atomic mass is 9.70. The molecule has 1 heterocycles. The van der Waals surface area contributed by atoms with Gasteiger partial charge in [0.2, 0.25) is 0 Å². The molecule has 100 valence electrons. The summed E-state index contributed by atoms with van der Waals surface area (Å²) in [4.78, 5) is 0. The minimum absolute atomic E-state index is 0.0164. The Morgan fingerprint density at radius 1 is 1.05 bits per heavy atom. The van der Waals surface area contributed by atoms with E-state index in [0.717, 1.165) is 37.7 Å². The molecular formula is C14H13F2NO2. The standard InChI is InChI=1S/C14H13F2NO2/c15-14(16)18-11-5-4-10(8-12(11)19-14)13(9-17)6-2-1-3-7-13/h4-5,8H,1-3,6-7H2. The molecule has 1 aromatic rings. The molecule has 1 fully saturated rings. The van der Waals surface area contributed by atoms with Crippen LogP contribution in [-0.4, -0.2) is 6.29 Å². The van der Waals surface area contributed by atoms with Crippen LogP contribution in [0.1, 0.15) is 37.7 Å². The molecule has 0 unspecified atom stereocenters. The minimum Gasteiger partial charge on any atom is -0.395 e. The van der Waals surface area contributed by atoms with Crippen LogP contribution in [-0.2, 0) is 5.41 Å². The van der Waals surface area contributed by atoms with E-state index in [1.807, 2.05) is 0 Å².